The molecule has 1 aliphatic heterocycles. The molecule has 4 atom stereocenters. The first-order valence-electron chi connectivity index (χ1n) is 11.3. The molecular formula is C25H28N6O4. The zero-order valence-corrected chi connectivity index (χ0v) is 19.3. The summed E-state index contributed by atoms with van der Waals surface area (Å²) in [6, 6.07) is 19.6. The van der Waals surface area contributed by atoms with Crippen molar-refractivity contribution in [3.63, 3.8) is 0 Å². The molecule has 0 bridgehead atoms. The molecule has 0 amide bonds. The Morgan fingerprint density at radius 1 is 1.00 bits per heavy atom. The number of nitrogens with zero attached hydrogens (tertiary/aromatic N) is 4. The second-order valence-electron chi connectivity index (χ2n) is 8.80. The number of anilines is 2. The molecule has 5 rings (SSSR count). The van der Waals surface area contributed by atoms with E-state index in [-0.39, 0.29) is 18.4 Å². The second-order valence-corrected chi connectivity index (χ2v) is 8.80. The molecule has 0 spiro atoms. The van der Waals surface area contributed by atoms with Gasteiger partial charge in [0.1, 0.15) is 23.3 Å². The van der Waals surface area contributed by atoms with Crippen LogP contribution in [-0.2, 0) is 27.4 Å². The number of nitrogen functional groups attached to an aromatic ring is 2. The standard InChI is InChI=1S/C25H28N6O4/c1-25(14-33-12-16-8-4-2-5-9-16)20(34-13-17-10-6-3-7-11-17)19(32)23(35-25)31-15-28-18-21(26)29-24(27)30-22(18)31/h2-11,15,19-20,23,32H,12-14H2,1H3,(H4,26,27,29,30)/t19-,20+,23-,25-/m1/s1. The number of hydrogen-bond donors (Lipinski definition) is 3. The molecule has 0 aliphatic carbocycles. The Kier molecular flexibility index (Phi) is 6.35. The van der Waals surface area contributed by atoms with Crippen LogP contribution in [0.4, 0.5) is 11.8 Å². The molecule has 2 aromatic heterocycles. The highest BCUT2D eigenvalue weighted by Gasteiger charge is 2.54. The van der Waals surface area contributed by atoms with Gasteiger partial charge in [0.2, 0.25) is 5.95 Å². The number of aromatic nitrogens is 4. The van der Waals surface area contributed by atoms with Gasteiger partial charge in [-0.2, -0.15) is 9.97 Å². The summed E-state index contributed by atoms with van der Waals surface area (Å²) >= 11 is 0. The summed E-state index contributed by atoms with van der Waals surface area (Å²) in [7, 11) is 0. The minimum absolute atomic E-state index is 0.00932. The average molecular weight is 477 g/mol. The van der Waals surface area contributed by atoms with Crippen LogP contribution in [0.25, 0.3) is 11.2 Å². The van der Waals surface area contributed by atoms with E-state index in [4.69, 9.17) is 25.7 Å². The molecule has 0 radical (unpaired) electrons. The monoisotopic (exact) mass is 476 g/mol. The fourth-order valence-electron chi connectivity index (χ4n) is 4.38. The summed E-state index contributed by atoms with van der Waals surface area (Å²) in [4.78, 5) is 12.5. The summed E-state index contributed by atoms with van der Waals surface area (Å²) in [6.07, 6.45) is -1.08. The first kappa shape index (κ1) is 23.2. The molecule has 2 aromatic carbocycles. The molecule has 182 valence electrons. The van der Waals surface area contributed by atoms with Gasteiger partial charge < -0.3 is 30.8 Å². The normalized spacial score (nSPS) is 24.2. The minimum Gasteiger partial charge on any atom is -0.386 e. The van der Waals surface area contributed by atoms with E-state index >= 15 is 0 Å². The van der Waals surface area contributed by atoms with E-state index in [1.54, 1.807) is 4.57 Å². The average Bonchev–Trinajstić information content (AvgIpc) is 3.38. The summed E-state index contributed by atoms with van der Waals surface area (Å²) in [5.41, 5.74) is 13.6. The smallest absolute Gasteiger partial charge is 0.224 e. The third-order valence-electron chi connectivity index (χ3n) is 6.11. The van der Waals surface area contributed by atoms with Crippen LogP contribution in [0, 0.1) is 0 Å². The summed E-state index contributed by atoms with van der Waals surface area (Å²) < 4.78 is 20.3. The number of rotatable bonds is 8. The third-order valence-corrected chi connectivity index (χ3v) is 6.11. The zero-order valence-electron chi connectivity index (χ0n) is 19.3. The van der Waals surface area contributed by atoms with Gasteiger partial charge in [-0.05, 0) is 18.1 Å². The van der Waals surface area contributed by atoms with Crippen LogP contribution >= 0.6 is 0 Å². The van der Waals surface area contributed by atoms with E-state index in [1.165, 1.54) is 6.33 Å². The predicted octanol–water partition coefficient (Wildman–Crippen LogP) is 2.44. The number of fused-ring (bicyclic) bond motifs is 1. The number of aliphatic hydroxyl groups is 1. The van der Waals surface area contributed by atoms with Crippen LogP contribution < -0.4 is 11.5 Å². The molecule has 0 unspecified atom stereocenters. The van der Waals surface area contributed by atoms with Crippen molar-refractivity contribution in [3.05, 3.63) is 78.1 Å². The van der Waals surface area contributed by atoms with E-state index in [0.29, 0.717) is 24.4 Å². The highest BCUT2D eigenvalue weighted by molar-refractivity contribution is 5.82. The first-order chi connectivity index (χ1) is 16.9. The van der Waals surface area contributed by atoms with Crippen LogP contribution in [0.1, 0.15) is 24.3 Å². The molecular weight excluding hydrogens is 448 g/mol. The van der Waals surface area contributed by atoms with Gasteiger partial charge in [-0.25, -0.2) is 4.98 Å². The van der Waals surface area contributed by atoms with Crippen LogP contribution in [0.3, 0.4) is 0 Å². The van der Waals surface area contributed by atoms with E-state index in [1.807, 2.05) is 67.6 Å². The van der Waals surface area contributed by atoms with Gasteiger partial charge in [-0.3, -0.25) is 4.57 Å². The van der Waals surface area contributed by atoms with Gasteiger partial charge in [0, 0.05) is 0 Å². The molecule has 4 aromatic rings. The molecule has 3 heterocycles. The molecule has 10 nitrogen and oxygen atoms in total. The second kappa shape index (κ2) is 9.59. The van der Waals surface area contributed by atoms with Gasteiger partial charge in [-0.1, -0.05) is 60.7 Å². The van der Waals surface area contributed by atoms with Crippen LogP contribution in [0.15, 0.2) is 67.0 Å². The van der Waals surface area contributed by atoms with Crippen molar-refractivity contribution in [2.24, 2.45) is 0 Å². The van der Waals surface area contributed by atoms with Crippen molar-refractivity contribution in [1.82, 2.24) is 19.5 Å². The van der Waals surface area contributed by atoms with E-state index < -0.39 is 24.0 Å². The Bertz CT molecular complexity index is 1290. The van der Waals surface area contributed by atoms with Crippen LogP contribution in [0.5, 0.6) is 0 Å². The highest BCUT2D eigenvalue weighted by Crippen LogP contribution is 2.41. The number of hydrogen-bond acceptors (Lipinski definition) is 9. The molecule has 1 aliphatic rings. The summed E-state index contributed by atoms with van der Waals surface area (Å²) in [5.74, 6) is 0.166. The van der Waals surface area contributed by atoms with Gasteiger partial charge in [0.25, 0.3) is 0 Å². The SMILES string of the molecule is C[C@]1(COCc2ccccc2)O[C@@H](n2cnc3c(N)nc(N)nc32)[C@H](O)[C@@H]1OCc1ccccc1. The van der Waals surface area contributed by atoms with Gasteiger partial charge >= 0.3 is 0 Å². The summed E-state index contributed by atoms with van der Waals surface area (Å²) in [6.45, 7) is 2.77. The van der Waals surface area contributed by atoms with Gasteiger partial charge in [0.05, 0.1) is 26.1 Å². The Balaban J connectivity index is 1.41. The van der Waals surface area contributed by atoms with E-state index in [0.717, 1.165) is 11.1 Å². The fourth-order valence-corrected chi connectivity index (χ4v) is 4.38. The molecule has 10 heteroatoms. The lowest BCUT2D eigenvalue weighted by molar-refractivity contribution is -0.146. The van der Waals surface area contributed by atoms with Crippen molar-refractivity contribution in [3.8, 4) is 0 Å². The maximum Gasteiger partial charge on any atom is 0.224 e. The lowest BCUT2D eigenvalue weighted by atomic mass is 9.98. The van der Waals surface area contributed by atoms with Crippen molar-refractivity contribution in [2.45, 2.75) is 44.2 Å². The number of ether oxygens (including phenoxy) is 3. The number of nitrogens with two attached hydrogens (primary N) is 2. The topological polar surface area (TPSA) is 144 Å². The Morgan fingerprint density at radius 2 is 1.66 bits per heavy atom. The van der Waals surface area contributed by atoms with E-state index in [9.17, 15) is 5.11 Å². The fraction of sp³-hybridized carbons (Fsp3) is 0.320. The first-order valence-corrected chi connectivity index (χ1v) is 11.3. The Labute approximate surface area is 202 Å². The molecule has 0 saturated carbocycles. The number of benzene rings is 2. The van der Waals surface area contributed by atoms with Crippen molar-refractivity contribution < 1.29 is 19.3 Å². The molecule has 1 fully saturated rings. The third kappa shape index (κ3) is 4.69. The van der Waals surface area contributed by atoms with Crippen molar-refractivity contribution >= 4 is 22.9 Å². The lowest BCUT2D eigenvalue weighted by Gasteiger charge is -2.30. The van der Waals surface area contributed by atoms with Gasteiger partial charge in [-0.15, -0.1) is 0 Å². The molecule has 1 saturated heterocycles. The van der Waals surface area contributed by atoms with Crippen LogP contribution in [0.2, 0.25) is 0 Å². The molecule has 5 N–H and O–H groups in total. The van der Waals surface area contributed by atoms with Crippen molar-refractivity contribution in [1.29, 1.82) is 0 Å². The molecule has 35 heavy (non-hydrogen) atoms. The van der Waals surface area contributed by atoms with Crippen molar-refractivity contribution in [2.75, 3.05) is 18.1 Å². The maximum absolute atomic E-state index is 11.4. The predicted molar refractivity (Wildman–Crippen MR) is 130 cm³/mol. The quantitative estimate of drug-likeness (QED) is 0.349. The number of aliphatic hydroxyl groups excluding tert-OH is 1. The number of imidazole rings is 1. The largest absolute Gasteiger partial charge is 0.386 e. The highest BCUT2D eigenvalue weighted by atomic mass is 16.6. The van der Waals surface area contributed by atoms with Crippen LogP contribution in [-0.4, -0.2) is 49.0 Å². The minimum atomic E-state index is -1.04. The zero-order chi connectivity index (χ0) is 24.4. The van der Waals surface area contributed by atoms with Gasteiger partial charge in [0.15, 0.2) is 17.7 Å². The Hall–Kier alpha value is -3.57. The lowest BCUT2D eigenvalue weighted by Crippen LogP contribution is -2.46. The Morgan fingerprint density at radius 3 is 2.34 bits per heavy atom. The van der Waals surface area contributed by atoms with E-state index in [2.05, 4.69) is 15.0 Å². The summed E-state index contributed by atoms with van der Waals surface area (Å²) in [5, 5.41) is 11.4. The maximum atomic E-state index is 11.4.